The van der Waals surface area contributed by atoms with Crippen molar-refractivity contribution >= 4 is 31.6 Å². The van der Waals surface area contributed by atoms with Gasteiger partial charge in [-0.05, 0) is 49.1 Å². The van der Waals surface area contributed by atoms with Crippen LogP contribution in [0.15, 0.2) is 45.9 Å². The molecule has 0 saturated carbocycles. The molecule has 0 amide bonds. The Morgan fingerprint density at radius 1 is 0.968 bits per heavy atom. The molecule has 0 unspecified atom stereocenters. The molecule has 0 N–H and O–H groups in total. The molecule has 10 heteroatoms. The third-order valence-electron chi connectivity index (χ3n) is 6.08. The Morgan fingerprint density at radius 3 is 2.26 bits per heavy atom. The van der Waals surface area contributed by atoms with Gasteiger partial charge in [-0.25, -0.2) is 13.4 Å². The van der Waals surface area contributed by atoms with Crippen LogP contribution in [0.2, 0.25) is 0 Å². The van der Waals surface area contributed by atoms with Gasteiger partial charge >= 0.3 is 0 Å². The number of halogens is 3. The molecule has 1 aromatic heterocycles. The van der Waals surface area contributed by atoms with Crippen molar-refractivity contribution in [2.45, 2.75) is 17.7 Å². The average Bonchev–Trinajstić information content (AvgIpc) is 2.77. The van der Waals surface area contributed by atoms with Crippen molar-refractivity contribution in [1.29, 1.82) is 0 Å². The first kappa shape index (κ1) is 22.6. The van der Waals surface area contributed by atoms with Gasteiger partial charge in [-0.2, -0.15) is 13.1 Å². The lowest BCUT2D eigenvalue weighted by atomic mass is 9.95. The first-order valence-corrected chi connectivity index (χ1v) is 12.6. The van der Waals surface area contributed by atoms with E-state index in [1.54, 1.807) is 28.6 Å². The predicted octanol–water partition coefficient (Wildman–Crippen LogP) is 3.35. The zero-order valence-corrected chi connectivity index (χ0v) is 19.5. The summed E-state index contributed by atoms with van der Waals surface area (Å²) in [5, 5.41) is 0. The number of hydrogen-bond acceptors (Lipinski definition) is 5. The lowest BCUT2D eigenvalue weighted by Crippen LogP contribution is -2.50. The smallest absolute Gasteiger partial charge is 0.251 e. The molecule has 0 spiro atoms. The summed E-state index contributed by atoms with van der Waals surface area (Å²) in [5.41, 5.74) is 0.276. The molecule has 0 radical (unpaired) electrons. The zero-order chi connectivity index (χ0) is 22.0. The second kappa shape index (κ2) is 9.48. The van der Waals surface area contributed by atoms with Crippen molar-refractivity contribution in [1.82, 2.24) is 14.2 Å². The maximum absolute atomic E-state index is 14.0. The lowest BCUT2D eigenvalue weighted by molar-refractivity contribution is 0.155. The largest absolute Gasteiger partial charge is 0.369 e. The van der Waals surface area contributed by atoms with E-state index in [0.29, 0.717) is 50.1 Å². The van der Waals surface area contributed by atoms with Crippen LogP contribution in [0.4, 0.5) is 14.5 Å². The molecule has 2 aliphatic heterocycles. The number of piperazine rings is 1. The Morgan fingerprint density at radius 2 is 1.61 bits per heavy atom. The fourth-order valence-corrected chi connectivity index (χ4v) is 5.97. The first-order chi connectivity index (χ1) is 14.8. The van der Waals surface area contributed by atoms with E-state index in [2.05, 4.69) is 25.8 Å². The molecular weight excluding hydrogens is 490 g/mol. The van der Waals surface area contributed by atoms with Crippen LogP contribution in [0.5, 0.6) is 0 Å². The quantitative estimate of drug-likeness (QED) is 0.572. The van der Waals surface area contributed by atoms with Crippen molar-refractivity contribution < 1.29 is 17.2 Å². The van der Waals surface area contributed by atoms with Crippen molar-refractivity contribution in [3.8, 4) is 0 Å². The minimum absolute atomic E-state index is 0.276. The molecule has 2 fully saturated rings. The van der Waals surface area contributed by atoms with E-state index in [9.17, 15) is 17.2 Å². The SMILES string of the molecule is O=S(=O)(c1ccc(Br)cc1)N1CCN(CC2CCN(c3ccnc(F)c3F)CC2)CC1. The summed E-state index contributed by atoms with van der Waals surface area (Å²) >= 11 is 3.33. The minimum Gasteiger partial charge on any atom is -0.369 e. The molecule has 0 atom stereocenters. The summed E-state index contributed by atoms with van der Waals surface area (Å²) < 4.78 is 55.5. The number of piperidine rings is 1. The minimum atomic E-state index is -3.47. The molecule has 2 aromatic rings. The van der Waals surface area contributed by atoms with Crippen LogP contribution in [0.25, 0.3) is 0 Å². The third-order valence-corrected chi connectivity index (χ3v) is 8.52. The highest BCUT2D eigenvalue weighted by Crippen LogP contribution is 2.27. The Labute approximate surface area is 190 Å². The molecule has 31 heavy (non-hydrogen) atoms. The highest BCUT2D eigenvalue weighted by Gasteiger charge is 2.30. The fourth-order valence-electron chi connectivity index (χ4n) is 4.28. The van der Waals surface area contributed by atoms with Gasteiger partial charge < -0.3 is 9.80 Å². The number of nitrogens with zero attached hydrogens (tertiary/aromatic N) is 4. The summed E-state index contributed by atoms with van der Waals surface area (Å²) in [4.78, 5) is 7.85. The van der Waals surface area contributed by atoms with Crippen LogP contribution in [0.3, 0.4) is 0 Å². The lowest BCUT2D eigenvalue weighted by Gasteiger charge is -2.39. The molecule has 6 nitrogen and oxygen atoms in total. The number of benzene rings is 1. The van der Waals surface area contributed by atoms with Gasteiger partial charge in [0.2, 0.25) is 15.8 Å². The molecule has 3 heterocycles. The van der Waals surface area contributed by atoms with E-state index >= 15 is 0 Å². The monoisotopic (exact) mass is 514 g/mol. The Hall–Kier alpha value is -1.62. The molecule has 0 aliphatic carbocycles. The van der Waals surface area contributed by atoms with Gasteiger partial charge in [0, 0.05) is 56.5 Å². The second-order valence-corrected chi connectivity index (χ2v) is 10.9. The topological polar surface area (TPSA) is 56.8 Å². The standard InChI is InChI=1S/C21H25BrF2N4O2S/c22-17-1-3-18(4-2-17)31(29,30)28-13-11-26(12-14-28)15-16-6-9-27(10-7-16)19-5-8-25-21(24)20(19)23/h1-5,8,16H,6-7,9-15H2. The normalized spacial score (nSPS) is 19.6. The van der Waals surface area contributed by atoms with E-state index in [0.717, 1.165) is 23.9 Å². The van der Waals surface area contributed by atoms with Gasteiger partial charge in [0.15, 0.2) is 0 Å². The van der Waals surface area contributed by atoms with Crippen molar-refractivity contribution in [3.05, 3.63) is 52.8 Å². The second-order valence-electron chi connectivity index (χ2n) is 8.02. The number of anilines is 1. The van der Waals surface area contributed by atoms with Crippen LogP contribution < -0.4 is 4.90 Å². The molecule has 4 rings (SSSR count). The van der Waals surface area contributed by atoms with Gasteiger partial charge in [0.1, 0.15) is 0 Å². The van der Waals surface area contributed by atoms with Crippen molar-refractivity contribution in [3.63, 3.8) is 0 Å². The van der Waals surface area contributed by atoms with Gasteiger partial charge in [0.05, 0.1) is 10.6 Å². The van der Waals surface area contributed by atoms with E-state index in [-0.39, 0.29) is 5.69 Å². The Balaban J connectivity index is 1.27. The van der Waals surface area contributed by atoms with Gasteiger partial charge in [-0.15, -0.1) is 0 Å². The van der Waals surface area contributed by atoms with Gasteiger partial charge in [0.25, 0.3) is 5.95 Å². The first-order valence-electron chi connectivity index (χ1n) is 10.4. The molecule has 2 aliphatic rings. The summed E-state index contributed by atoms with van der Waals surface area (Å²) in [7, 11) is -3.47. The maximum atomic E-state index is 14.0. The summed E-state index contributed by atoms with van der Waals surface area (Å²) in [6.45, 7) is 4.57. The van der Waals surface area contributed by atoms with Crippen LogP contribution >= 0.6 is 15.9 Å². The molecule has 168 valence electrons. The van der Waals surface area contributed by atoms with Crippen LogP contribution in [0, 0.1) is 17.7 Å². The number of aromatic nitrogens is 1. The average molecular weight is 515 g/mol. The van der Waals surface area contributed by atoms with Crippen LogP contribution in [-0.2, 0) is 10.0 Å². The summed E-state index contributed by atoms with van der Waals surface area (Å²) in [6, 6.07) is 8.24. The van der Waals surface area contributed by atoms with Crippen molar-refractivity contribution in [2.75, 3.05) is 50.7 Å². The third kappa shape index (κ3) is 5.08. The molecule has 2 saturated heterocycles. The Bertz CT molecular complexity index is 1010. The fraction of sp³-hybridized carbons (Fsp3) is 0.476. The van der Waals surface area contributed by atoms with Gasteiger partial charge in [-0.3, -0.25) is 0 Å². The molecule has 0 bridgehead atoms. The summed E-state index contributed by atoms with van der Waals surface area (Å²) in [6.07, 6.45) is 3.07. The number of rotatable bonds is 5. The Kier molecular flexibility index (Phi) is 6.90. The van der Waals surface area contributed by atoms with Crippen molar-refractivity contribution in [2.24, 2.45) is 5.92 Å². The van der Waals surface area contributed by atoms with Crippen LogP contribution in [0.1, 0.15) is 12.8 Å². The number of sulfonamides is 1. The van der Waals surface area contributed by atoms with Gasteiger partial charge in [-0.1, -0.05) is 15.9 Å². The van der Waals surface area contributed by atoms with E-state index < -0.39 is 21.8 Å². The zero-order valence-electron chi connectivity index (χ0n) is 17.1. The van der Waals surface area contributed by atoms with E-state index in [1.165, 1.54) is 12.3 Å². The molecule has 1 aromatic carbocycles. The highest BCUT2D eigenvalue weighted by molar-refractivity contribution is 9.10. The van der Waals surface area contributed by atoms with E-state index in [1.807, 2.05) is 4.90 Å². The maximum Gasteiger partial charge on any atom is 0.251 e. The van der Waals surface area contributed by atoms with Crippen LogP contribution in [-0.4, -0.2) is 68.4 Å². The molecular formula is C21H25BrF2N4O2S. The predicted molar refractivity (Wildman–Crippen MR) is 118 cm³/mol. The van der Waals surface area contributed by atoms with E-state index in [4.69, 9.17) is 0 Å². The summed E-state index contributed by atoms with van der Waals surface area (Å²) in [5.74, 6) is -1.49. The number of hydrogen-bond donors (Lipinski definition) is 0. The highest BCUT2D eigenvalue weighted by atomic mass is 79.9. The number of pyridine rings is 1.